The van der Waals surface area contributed by atoms with Gasteiger partial charge in [0.25, 0.3) is 0 Å². The maximum absolute atomic E-state index is 12.6. The molecule has 0 atom stereocenters. The standard InChI is InChI=1S/C9H7FN4O2/c10-6-1-3-7(4-2-6)12-9-8(14(15)16)5-11-13-9/h1-5H,(H2,11,12,13). The summed E-state index contributed by atoms with van der Waals surface area (Å²) in [6, 6.07) is 5.45. The highest BCUT2D eigenvalue weighted by Gasteiger charge is 2.15. The minimum atomic E-state index is -0.560. The second kappa shape index (κ2) is 3.97. The predicted molar refractivity (Wildman–Crippen MR) is 54.9 cm³/mol. The molecule has 82 valence electrons. The molecule has 6 nitrogen and oxygen atoms in total. The fourth-order valence-electron chi connectivity index (χ4n) is 1.19. The minimum absolute atomic E-state index is 0.163. The van der Waals surface area contributed by atoms with Crippen LogP contribution in [-0.2, 0) is 0 Å². The molecule has 0 saturated heterocycles. The fourth-order valence-corrected chi connectivity index (χ4v) is 1.19. The second-order valence-corrected chi connectivity index (χ2v) is 3.02. The van der Waals surface area contributed by atoms with Gasteiger partial charge in [-0.15, -0.1) is 0 Å². The molecule has 0 amide bonds. The van der Waals surface area contributed by atoms with Crippen LogP contribution in [0.2, 0.25) is 0 Å². The molecule has 2 aromatic rings. The third kappa shape index (κ3) is 1.97. The predicted octanol–water partition coefficient (Wildman–Crippen LogP) is 2.20. The number of hydrogen-bond donors (Lipinski definition) is 2. The van der Waals surface area contributed by atoms with Crippen LogP contribution in [0.4, 0.5) is 21.6 Å². The molecule has 1 aromatic carbocycles. The molecule has 1 aromatic heterocycles. The van der Waals surface area contributed by atoms with Crippen molar-refractivity contribution in [3.8, 4) is 0 Å². The Labute approximate surface area is 89.3 Å². The summed E-state index contributed by atoms with van der Waals surface area (Å²) in [6.45, 7) is 0. The molecular weight excluding hydrogens is 215 g/mol. The Morgan fingerprint density at radius 3 is 2.69 bits per heavy atom. The van der Waals surface area contributed by atoms with Gasteiger partial charge in [0.15, 0.2) is 0 Å². The Balaban J connectivity index is 2.23. The van der Waals surface area contributed by atoms with Crippen LogP contribution >= 0.6 is 0 Å². The van der Waals surface area contributed by atoms with Crippen molar-refractivity contribution in [2.75, 3.05) is 5.32 Å². The van der Waals surface area contributed by atoms with Gasteiger partial charge < -0.3 is 5.32 Å². The third-order valence-corrected chi connectivity index (χ3v) is 1.93. The van der Waals surface area contributed by atoms with Gasteiger partial charge >= 0.3 is 5.69 Å². The summed E-state index contributed by atoms with van der Waals surface area (Å²) in [4.78, 5) is 10.0. The Morgan fingerprint density at radius 2 is 2.06 bits per heavy atom. The van der Waals surface area contributed by atoms with Crippen LogP contribution in [0, 0.1) is 15.9 Å². The molecule has 0 radical (unpaired) electrons. The number of nitrogens with one attached hydrogen (secondary N) is 2. The lowest BCUT2D eigenvalue weighted by atomic mass is 10.3. The van der Waals surface area contributed by atoms with E-state index in [1.165, 1.54) is 24.3 Å². The zero-order chi connectivity index (χ0) is 11.5. The monoisotopic (exact) mass is 222 g/mol. The summed E-state index contributed by atoms with van der Waals surface area (Å²) >= 11 is 0. The van der Waals surface area contributed by atoms with Crippen molar-refractivity contribution in [1.82, 2.24) is 10.2 Å². The molecule has 1 heterocycles. The number of anilines is 2. The van der Waals surface area contributed by atoms with Crippen molar-refractivity contribution >= 4 is 17.2 Å². The molecule has 16 heavy (non-hydrogen) atoms. The van der Waals surface area contributed by atoms with E-state index in [2.05, 4.69) is 15.5 Å². The van der Waals surface area contributed by atoms with E-state index in [0.717, 1.165) is 6.20 Å². The summed E-state index contributed by atoms with van der Waals surface area (Å²) in [7, 11) is 0. The van der Waals surface area contributed by atoms with Gasteiger partial charge in [-0.05, 0) is 24.3 Å². The fraction of sp³-hybridized carbons (Fsp3) is 0. The lowest BCUT2D eigenvalue weighted by molar-refractivity contribution is -0.383. The van der Waals surface area contributed by atoms with E-state index in [9.17, 15) is 14.5 Å². The quantitative estimate of drug-likeness (QED) is 0.615. The van der Waals surface area contributed by atoms with E-state index in [1.807, 2.05) is 0 Å². The van der Waals surface area contributed by atoms with E-state index in [-0.39, 0.29) is 17.3 Å². The minimum Gasteiger partial charge on any atom is -0.335 e. The zero-order valence-corrected chi connectivity index (χ0v) is 7.98. The van der Waals surface area contributed by atoms with Gasteiger partial charge in [0.1, 0.15) is 12.0 Å². The molecule has 0 fully saturated rings. The van der Waals surface area contributed by atoms with Crippen molar-refractivity contribution in [1.29, 1.82) is 0 Å². The van der Waals surface area contributed by atoms with Gasteiger partial charge in [-0.3, -0.25) is 15.2 Å². The number of aromatic nitrogens is 2. The molecular formula is C9H7FN4O2. The SMILES string of the molecule is O=[N+]([O-])c1cn[nH]c1Nc1ccc(F)cc1. The second-order valence-electron chi connectivity index (χ2n) is 3.02. The molecule has 0 aliphatic carbocycles. The van der Waals surface area contributed by atoms with Crippen LogP contribution in [0.25, 0.3) is 0 Å². The number of rotatable bonds is 3. The topological polar surface area (TPSA) is 83.8 Å². The number of H-pyrrole nitrogens is 1. The van der Waals surface area contributed by atoms with Crippen LogP contribution in [0.1, 0.15) is 0 Å². The molecule has 7 heteroatoms. The zero-order valence-electron chi connectivity index (χ0n) is 7.98. The molecule has 0 bridgehead atoms. The van der Waals surface area contributed by atoms with Crippen molar-refractivity contribution in [2.24, 2.45) is 0 Å². The highest BCUT2D eigenvalue weighted by Crippen LogP contribution is 2.24. The maximum atomic E-state index is 12.6. The van der Waals surface area contributed by atoms with Crippen LogP contribution in [0.3, 0.4) is 0 Å². The maximum Gasteiger partial charge on any atom is 0.330 e. The summed E-state index contributed by atoms with van der Waals surface area (Å²) in [5.74, 6) is -0.207. The molecule has 2 rings (SSSR count). The Kier molecular flexibility index (Phi) is 2.50. The Hall–Kier alpha value is -2.44. The van der Waals surface area contributed by atoms with Gasteiger partial charge in [-0.2, -0.15) is 5.10 Å². The molecule has 0 spiro atoms. The van der Waals surface area contributed by atoms with Gasteiger partial charge in [0.05, 0.1) is 4.92 Å². The van der Waals surface area contributed by atoms with Crippen molar-refractivity contribution in [3.05, 3.63) is 46.4 Å². The first-order valence-electron chi connectivity index (χ1n) is 4.37. The molecule has 0 aliphatic rings. The highest BCUT2D eigenvalue weighted by molar-refractivity contribution is 5.64. The van der Waals surface area contributed by atoms with Gasteiger partial charge in [0, 0.05) is 5.69 Å². The first-order chi connectivity index (χ1) is 7.66. The number of aromatic amines is 1. The summed E-state index contributed by atoms with van der Waals surface area (Å²) in [6.07, 6.45) is 1.10. The lowest BCUT2D eigenvalue weighted by Gasteiger charge is -2.02. The third-order valence-electron chi connectivity index (χ3n) is 1.93. The highest BCUT2D eigenvalue weighted by atomic mass is 19.1. The van der Waals surface area contributed by atoms with Crippen LogP contribution in [0.5, 0.6) is 0 Å². The number of hydrogen-bond acceptors (Lipinski definition) is 4. The molecule has 0 aliphatic heterocycles. The van der Waals surface area contributed by atoms with Crippen LogP contribution in [-0.4, -0.2) is 15.1 Å². The molecule has 0 saturated carbocycles. The first-order valence-corrected chi connectivity index (χ1v) is 4.37. The largest absolute Gasteiger partial charge is 0.335 e. The number of benzene rings is 1. The summed E-state index contributed by atoms with van der Waals surface area (Å²) in [5.41, 5.74) is 0.373. The molecule has 2 N–H and O–H groups in total. The number of nitro groups is 1. The average molecular weight is 222 g/mol. The Morgan fingerprint density at radius 1 is 1.38 bits per heavy atom. The van der Waals surface area contributed by atoms with Crippen molar-refractivity contribution in [2.45, 2.75) is 0 Å². The van der Waals surface area contributed by atoms with Crippen molar-refractivity contribution in [3.63, 3.8) is 0 Å². The normalized spacial score (nSPS) is 10.1. The van der Waals surface area contributed by atoms with E-state index in [1.54, 1.807) is 0 Å². The van der Waals surface area contributed by atoms with E-state index < -0.39 is 4.92 Å². The van der Waals surface area contributed by atoms with E-state index in [0.29, 0.717) is 5.69 Å². The van der Waals surface area contributed by atoms with Crippen molar-refractivity contribution < 1.29 is 9.31 Å². The van der Waals surface area contributed by atoms with Gasteiger partial charge in [-0.1, -0.05) is 0 Å². The smallest absolute Gasteiger partial charge is 0.330 e. The average Bonchev–Trinajstić information content (AvgIpc) is 2.69. The number of nitrogens with zero attached hydrogens (tertiary/aromatic N) is 2. The van der Waals surface area contributed by atoms with Gasteiger partial charge in [-0.25, -0.2) is 4.39 Å². The summed E-state index contributed by atoms with van der Waals surface area (Å²) in [5, 5.41) is 19.3. The van der Waals surface area contributed by atoms with Gasteiger partial charge in [0.2, 0.25) is 5.82 Å². The molecule has 0 unspecified atom stereocenters. The van der Waals surface area contributed by atoms with Crippen LogP contribution < -0.4 is 5.32 Å². The van der Waals surface area contributed by atoms with Crippen LogP contribution in [0.15, 0.2) is 30.5 Å². The first kappa shape index (κ1) is 10.1. The summed E-state index contributed by atoms with van der Waals surface area (Å²) < 4.78 is 12.6. The number of halogens is 1. The van der Waals surface area contributed by atoms with E-state index in [4.69, 9.17) is 0 Å². The van der Waals surface area contributed by atoms with E-state index >= 15 is 0 Å². The Bertz CT molecular complexity index is 508. The lowest BCUT2D eigenvalue weighted by Crippen LogP contribution is -1.95.